The number of carbonyl (C=O) groups excluding carboxylic acids is 1. The fourth-order valence-electron chi connectivity index (χ4n) is 1.89. The van der Waals surface area contributed by atoms with Gasteiger partial charge in [0, 0.05) is 17.0 Å². The number of hydrogen-bond donors (Lipinski definition) is 1. The van der Waals surface area contributed by atoms with Crippen LogP contribution < -0.4 is 5.32 Å². The van der Waals surface area contributed by atoms with Crippen LogP contribution in [-0.2, 0) is 4.79 Å². The van der Waals surface area contributed by atoms with E-state index in [0.717, 1.165) is 23.1 Å². The van der Waals surface area contributed by atoms with Gasteiger partial charge in [0.15, 0.2) is 0 Å². The Morgan fingerprint density at radius 2 is 2.14 bits per heavy atom. The molecule has 0 aliphatic rings. The average molecular weight is 310 g/mol. The third-order valence-electron chi connectivity index (χ3n) is 3.21. The number of rotatable bonds is 5. The average Bonchev–Trinajstić information content (AvgIpc) is 2.96. The topological polar surface area (TPSA) is 32.3 Å². The molecule has 0 aliphatic carbocycles. The Morgan fingerprint density at radius 3 is 2.81 bits per heavy atom. The van der Waals surface area contributed by atoms with Crippen LogP contribution in [0.5, 0.6) is 0 Å². The van der Waals surface area contributed by atoms with Crippen molar-refractivity contribution in [3.63, 3.8) is 0 Å². The first-order valence-corrected chi connectivity index (χ1v) is 7.34. The number of thiophene rings is 1. The maximum atomic E-state index is 13.5. The van der Waals surface area contributed by atoms with Gasteiger partial charge in [-0.25, -0.2) is 8.78 Å². The van der Waals surface area contributed by atoms with Crippen molar-refractivity contribution in [3.8, 4) is 0 Å². The Morgan fingerprint density at radius 1 is 1.38 bits per heavy atom. The number of carbonyl (C=O) groups is 1. The lowest BCUT2D eigenvalue weighted by Crippen LogP contribution is -2.32. The van der Waals surface area contributed by atoms with Crippen molar-refractivity contribution in [2.45, 2.75) is 13.0 Å². The summed E-state index contributed by atoms with van der Waals surface area (Å²) in [5, 5.41) is 4.36. The van der Waals surface area contributed by atoms with Gasteiger partial charge in [-0.05, 0) is 37.6 Å². The molecular weight excluding hydrogens is 294 g/mol. The summed E-state index contributed by atoms with van der Waals surface area (Å²) in [5.41, 5.74) is -0.142. The van der Waals surface area contributed by atoms with Crippen molar-refractivity contribution >= 4 is 22.9 Å². The fourth-order valence-corrected chi connectivity index (χ4v) is 2.74. The number of hydrogen-bond acceptors (Lipinski definition) is 3. The van der Waals surface area contributed by atoms with Gasteiger partial charge in [0.25, 0.3) is 0 Å². The summed E-state index contributed by atoms with van der Waals surface area (Å²) < 4.78 is 26.5. The molecule has 112 valence electrons. The second kappa shape index (κ2) is 6.78. The lowest BCUT2D eigenvalue weighted by Gasteiger charge is -2.23. The van der Waals surface area contributed by atoms with E-state index < -0.39 is 11.6 Å². The lowest BCUT2D eigenvalue weighted by molar-refractivity contribution is -0.117. The Bertz CT molecular complexity index is 616. The zero-order chi connectivity index (χ0) is 15.4. The molecule has 2 rings (SSSR count). The van der Waals surface area contributed by atoms with Crippen LogP contribution in [0.1, 0.15) is 17.8 Å². The summed E-state index contributed by atoms with van der Waals surface area (Å²) in [4.78, 5) is 14.9. The predicted molar refractivity (Wildman–Crippen MR) is 80.4 cm³/mol. The third-order valence-corrected chi connectivity index (χ3v) is 4.25. The summed E-state index contributed by atoms with van der Waals surface area (Å²) in [7, 11) is 1.81. The molecule has 1 heterocycles. The number of anilines is 1. The molecule has 21 heavy (non-hydrogen) atoms. The molecule has 0 spiro atoms. The van der Waals surface area contributed by atoms with Crippen LogP contribution in [0, 0.1) is 11.6 Å². The summed E-state index contributed by atoms with van der Waals surface area (Å²) in [6, 6.07) is 6.99. The quantitative estimate of drug-likeness (QED) is 0.914. The van der Waals surface area contributed by atoms with Crippen molar-refractivity contribution in [3.05, 3.63) is 52.2 Å². The maximum absolute atomic E-state index is 13.5. The van der Waals surface area contributed by atoms with Crippen molar-refractivity contribution in [1.82, 2.24) is 4.90 Å². The SMILES string of the molecule is CC(c1cccs1)N(C)CC(=O)Nc1cc(F)ccc1F. The molecule has 6 heteroatoms. The molecule has 1 amide bonds. The van der Waals surface area contributed by atoms with Crippen molar-refractivity contribution in [1.29, 1.82) is 0 Å². The molecule has 1 unspecified atom stereocenters. The molecular formula is C15H16F2N2OS. The number of benzene rings is 1. The van der Waals surface area contributed by atoms with Crippen molar-refractivity contribution in [2.75, 3.05) is 18.9 Å². The molecule has 0 bridgehead atoms. The van der Waals surface area contributed by atoms with E-state index in [1.54, 1.807) is 11.3 Å². The number of amides is 1. The summed E-state index contributed by atoms with van der Waals surface area (Å²) in [6.07, 6.45) is 0. The van der Waals surface area contributed by atoms with E-state index in [4.69, 9.17) is 0 Å². The van der Waals surface area contributed by atoms with Gasteiger partial charge in [-0.2, -0.15) is 0 Å². The molecule has 1 aromatic heterocycles. The van der Waals surface area contributed by atoms with E-state index in [9.17, 15) is 13.6 Å². The highest BCUT2D eigenvalue weighted by atomic mass is 32.1. The van der Waals surface area contributed by atoms with Crippen molar-refractivity contribution < 1.29 is 13.6 Å². The van der Waals surface area contributed by atoms with E-state index in [2.05, 4.69) is 5.32 Å². The molecule has 1 N–H and O–H groups in total. The van der Waals surface area contributed by atoms with Crippen molar-refractivity contribution in [2.24, 2.45) is 0 Å². The second-order valence-corrected chi connectivity index (χ2v) is 5.76. The largest absolute Gasteiger partial charge is 0.322 e. The summed E-state index contributed by atoms with van der Waals surface area (Å²) >= 11 is 1.61. The molecule has 0 saturated carbocycles. The van der Waals surface area contributed by atoms with Gasteiger partial charge in [0.1, 0.15) is 11.6 Å². The lowest BCUT2D eigenvalue weighted by atomic mass is 10.2. The zero-order valence-corrected chi connectivity index (χ0v) is 12.6. The van der Waals surface area contributed by atoms with E-state index in [0.29, 0.717) is 0 Å². The molecule has 3 nitrogen and oxygen atoms in total. The maximum Gasteiger partial charge on any atom is 0.238 e. The monoisotopic (exact) mass is 310 g/mol. The Labute approximate surface area is 126 Å². The first-order valence-electron chi connectivity index (χ1n) is 6.46. The first-order chi connectivity index (χ1) is 9.97. The number of nitrogens with zero attached hydrogens (tertiary/aromatic N) is 1. The van der Waals surface area contributed by atoms with Gasteiger partial charge in [0.2, 0.25) is 5.91 Å². The highest BCUT2D eigenvalue weighted by molar-refractivity contribution is 7.10. The minimum Gasteiger partial charge on any atom is -0.322 e. The third kappa shape index (κ3) is 4.09. The smallest absolute Gasteiger partial charge is 0.238 e. The van der Waals surface area contributed by atoms with E-state index in [1.165, 1.54) is 0 Å². The summed E-state index contributed by atoms with van der Waals surface area (Å²) in [6.45, 7) is 2.08. The van der Waals surface area contributed by atoms with Crippen LogP contribution in [0.25, 0.3) is 0 Å². The molecule has 0 radical (unpaired) electrons. The van der Waals surface area contributed by atoms with Crippen LogP contribution in [0.4, 0.5) is 14.5 Å². The molecule has 0 saturated heterocycles. The predicted octanol–water partition coefficient (Wildman–Crippen LogP) is 3.66. The van der Waals surface area contributed by atoms with E-state index >= 15 is 0 Å². The molecule has 0 aliphatic heterocycles. The fraction of sp³-hybridized carbons (Fsp3) is 0.267. The molecule has 1 atom stereocenters. The standard InChI is InChI=1S/C15H16F2N2OS/c1-10(14-4-3-7-21-14)19(2)9-15(20)18-13-8-11(16)5-6-12(13)17/h3-8,10H,9H2,1-2H3,(H,18,20). The van der Waals surface area contributed by atoms with Crippen LogP contribution in [-0.4, -0.2) is 24.4 Å². The van der Waals surface area contributed by atoms with Gasteiger partial charge < -0.3 is 5.32 Å². The van der Waals surface area contributed by atoms with Gasteiger partial charge in [-0.1, -0.05) is 6.07 Å². The zero-order valence-electron chi connectivity index (χ0n) is 11.8. The Hall–Kier alpha value is -1.79. The van der Waals surface area contributed by atoms with Gasteiger partial charge in [0.05, 0.1) is 12.2 Å². The van der Waals surface area contributed by atoms with Crippen LogP contribution in [0.3, 0.4) is 0 Å². The van der Waals surface area contributed by atoms with Crippen LogP contribution in [0.2, 0.25) is 0 Å². The number of likely N-dealkylation sites (N-methyl/N-ethyl adjacent to an activating group) is 1. The van der Waals surface area contributed by atoms with E-state index in [-0.39, 0.29) is 24.2 Å². The second-order valence-electron chi connectivity index (χ2n) is 4.78. The van der Waals surface area contributed by atoms with Gasteiger partial charge >= 0.3 is 0 Å². The Kier molecular flexibility index (Phi) is 5.03. The highest BCUT2D eigenvalue weighted by Crippen LogP contribution is 2.23. The van der Waals surface area contributed by atoms with Crippen LogP contribution in [0.15, 0.2) is 35.7 Å². The Balaban J connectivity index is 1.96. The van der Waals surface area contributed by atoms with Gasteiger partial charge in [-0.15, -0.1) is 11.3 Å². The highest BCUT2D eigenvalue weighted by Gasteiger charge is 2.16. The van der Waals surface area contributed by atoms with Crippen LogP contribution >= 0.6 is 11.3 Å². The normalized spacial score (nSPS) is 12.4. The molecule has 1 aromatic carbocycles. The minimum atomic E-state index is -0.654. The first kappa shape index (κ1) is 15.6. The molecule has 2 aromatic rings. The van der Waals surface area contributed by atoms with E-state index in [1.807, 2.05) is 36.4 Å². The minimum absolute atomic E-state index is 0.0770. The number of nitrogens with one attached hydrogen (secondary N) is 1. The molecule has 0 fully saturated rings. The summed E-state index contributed by atoms with van der Waals surface area (Å²) in [5.74, 6) is -1.63. The number of halogens is 2. The van der Waals surface area contributed by atoms with Gasteiger partial charge in [-0.3, -0.25) is 9.69 Å².